The van der Waals surface area contributed by atoms with Crippen molar-refractivity contribution in [2.75, 3.05) is 4.90 Å². The van der Waals surface area contributed by atoms with Crippen LogP contribution in [0.4, 0.5) is 5.82 Å². The van der Waals surface area contributed by atoms with Gasteiger partial charge in [-0.1, -0.05) is 0 Å². The molecule has 2 bridgehead atoms. The average molecular weight is 261 g/mol. The summed E-state index contributed by atoms with van der Waals surface area (Å²) in [7, 11) is 1.80. The first-order chi connectivity index (χ1) is 9.08. The van der Waals surface area contributed by atoms with E-state index in [1.807, 2.05) is 6.92 Å². The summed E-state index contributed by atoms with van der Waals surface area (Å²) in [6.07, 6.45) is 1.64. The number of amides is 2. The first-order valence-corrected chi connectivity index (χ1v) is 6.62. The Morgan fingerprint density at radius 2 is 1.79 bits per heavy atom. The molecular weight excluding hydrogens is 246 g/mol. The lowest BCUT2D eigenvalue weighted by Crippen LogP contribution is -2.34. The monoisotopic (exact) mass is 261 g/mol. The maximum Gasteiger partial charge on any atom is 0.241 e. The van der Waals surface area contributed by atoms with E-state index in [2.05, 4.69) is 5.10 Å². The first-order valence-electron chi connectivity index (χ1n) is 6.62. The zero-order valence-corrected chi connectivity index (χ0v) is 10.9. The Morgan fingerprint density at radius 3 is 2.26 bits per heavy atom. The van der Waals surface area contributed by atoms with E-state index in [0.29, 0.717) is 5.82 Å². The minimum absolute atomic E-state index is 0.0683. The van der Waals surface area contributed by atoms with Crippen molar-refractivity contribution in [2.24, 2.45) is 18.9 Å². The third-order valence-corrected chi connectivity index (χ3v) is 4.61. The fourth-order valence-electron chi connectivity index (χ4n) is 3.59. The van der Waals surface area contributed by atoms with Gasteiger partial charge in [-0.05, 0) is 19.8 Å². The molecule has 4 rings (SSSR count). The van der Waals surface area contributed by atoms with E-state index >= 15 is 0 Å². The molecule has 4 heterocycles. The molecule has 0 spiro atoms. The zero-order valence-electron chi connectivity index (χ0n) is 10.9. The van der Waals surface area contributed by atoms with E-state index in [4.69, 9.17) is 4.74 Å². The van der Waals surface area contributed by atoms with Crippen molar-refractivity contribution in [3.05, 3.63) is 11.8 Å². The van der Waals surface area contributed by atoms with Gasteiger partial charge in [-0.3, -0.25) is 14.3 Å². The number of fused-ring (bicyclic) bond motifs is 5. The largest absolute Gasteiger partial charge is 0.373 e. The molecule has 1 aromatic heterocycles. The van der Waals surface area contributed by atoms with E-state index in [1.165, 1.54) is 4.90 Å². The SMILES string of the molecule is Cc1cc(N2C(=O)[C@@H]3[C@@H](C2=O)[C@@H]2CC[C@@H]3O2)nn1C. The quantitative estimate of drug-likeness (QED) is 0.686. The molecule has 19 heavy (non-hydrogen) atoms. The van der Waals surface area contributed by atoms with Crippen molar-refractivity contribution in [1.29, 1.82) is 0 Å². The van der Waals surface area contributed by atoms with Gasteiger partial charge in [-0.2, -0.15) is 5.10 Å². The second-order valence-corrected chi connectivity index (χ2v) is 5.62. The maximum absolute atomic E-state index is 12.5. The van der Waals surface area contributed by atoms with Crippen LogP contribution in [-0.4, -0.2) is 33.8 Å². The molecule has 3 fully saturated rings. The molecule has 1 aromatic rings. The summed E-state index contributed by atoms with van der Waals surface area (Å²) in [4.78, 5) is 26.2. The lowest BCUT2D eigenvalue weighted by molar-refractivity contribution is -0.124. The van der Waals surface area contributed by atoms with Crippen LogP contribution in [0, 0.1) is 18.8 Å². The van der Waals surface area contributed by atoms with Crippen LogP contribution in [-0.2, 0) is 21.4 Å². The predicted molar refractivity (Wildman–Crippen MR) is 65.3 cm³/mol. The number of anilines is 1. The third-order valence-electron chi connectivity index (χ3n) is 4.61. The summed E-state index contributed by atoms with van der Waals surface area (Å²) in [6, 6.07) is 1.78. The van der Waals surface area contributed by atoms with Crippen molar-refractivity contribution in [2.45, 2.75) is 32.0 Å². The van der Waals surface area contributed by atoms with E-state index in [1.54, 1.807) is 17.8 Å². The van der Waals surface area contributed by atoms with Crippen molar-refractivity contribution >= 4 is 17.6 Å². The number of hydrogen-bond acceptors (Lipinski definition) is 4. The van der Waals surface area contributed by atoms with Gasteiger partial charge in [0.25, 0.3) is 0 Å². The van der Waals surface area contributed by atoms with Crippen LogP contribution in [0.1, 0.15) is 18.5 Å². The molecular formula is C13H15N3O3. The van der Waals surface area contributed by atoms with Gasteiger partial charge < -0.3 is 4.74 Å². The van der Waals surface area contributed by atoms with Crippen molar-refractivity contribution in [1.82, 2.24) is 9.78 Å². The van der Waals surface area contributed by atoms with Crippen LogP contribution in [0.2, 0.25) is 0 Å². The predicted octanol–water partition coefficient (Wildman–Crippen LogP) is 0.395. The van der Waals surface area contributed by atoms with Crippen LogP contribution in [0.15, 0.2) is 6.07 Å². The van der Waals surface area contributed by atoms with Gasteiger partial charge in [0.1, 0.15) is 0 Å². The van der Waals surface area contributed by atoms with Crippen molar-refractivity contribution in [3.8, 4) is 0 Å². The zero-order chi connectivity index (χ0) is 13.3. The van der Waals surface area contributed by atoms with Crippen LogP contribution < -0.4 is 4.90 Å². The molecule has 4 atom stereocenters. The molecule has 0 N–H and O–H groups in total. The summed E-state index contributed by atoms with van der Waals surface area (Å²) in [5, 5.41) is 4.25. The Labute approximate surface area is 110 Å². The second kappa shape index (κ2) is 3.45. The number of aryl methyl sites for hydroxylation is 2. The molecule has 6 nitrogen and oxygen atoms in total. The first kappa shape index (κ1) is 11.2. The summed E-state index contributed by atoms with van der Waals surface area (Å²) >= 11 is 0. The summed E-state index contributed by atoms with van der Waals surface area (Å²) in [5.41, 5.74) is 0.923. The Balaban J connectivity index is 1.75. The fourth-order valence-corrected chi connectivity index (χ4v) is 3.59. The molecule has 6 heteroatoms. The molecule has 3 aliphatic rings. The minimum Gasteiger partial charge on any atom is -0.373 e. The van der Waals surface area contributed by atoms with Gasteiger partial charge in [0.05, 0.1) is 24.0 Å². The topological polar surface area (TPSA) is 64.4 Å². The molecule has 3 aliphatic heterocycles. The number of carbonyl (C=O) groups is 2. The molecule has 2 amide bonds. The maximum atomic E-state index is 12.5. The Kier molecular flexibility index (Phi) is 2.02. The molecule has 100 valence electrons. The number of hydrogen-bond donors (Lipinski definition) is 0. The van der Waals surface area contributed by atoms with E-state index in [9.17, 15) is 9.59 Å². The number of aromatic nitrogens is 2. The van der Waals surface area contributed by atoms with Crippen molar-refractivity contribution in [3.63, 3.8) is 0 Å². The molecule has 0 aliphatic carbocycles. The number of carbonyl (C=O) groups excluding carboxylic acids is 2. The van der Waals surface area contributed by atoms with Crippen LogP contribution in [0.3, 0.4) is 0 Å². The molecule has 0 saturated carbocycles. The number of nitrogens with zero attached hydrogens (tertiary/aromatic N) is 3. The fraction of sp³-hybridized carbons (Fsp3) is 0.615. The lowest BCUT2D eigenvalue weighted by atomic mass is 9.81. The van der Waals surface area contributed by atoms with E-state index in [-0.39, 0.29) is 35.9 Å². The van der Waals surface area contributed by atoms with Gasteiger partial charge in [0.2, 0.25) is 11.8 Å². The highest BCUT2D eigenvalue weighted by molar-refractivity contribution is 6.22. The van der Waals surface area contributed by atoms with Gasteiger partial charge in [0.15, 0.2) is 5.82 Å². The summed E-state index contributed by atoms with van der Waals surface area (Å²) < 4.78 is 7.37. The number of ether oxygens (including phenoxy) is 1. The second-order valence-electron chi connectivity index (χ2n) is 5.62. The van der Waals surface area contributed by atoms with Crippen molar-refractivity contribution < 1.29 is 14.3 Å². The third kappa shape index (κ3) is 1.27. The lowest BCUT2D eigenvalue weighted by Gasteiger charge is -2.15. The average Bonchev–Trinajstić information content (AvgIpc) is 3.07. The van der Waals surface area contributed by atoms with Crippen LogP contribution in [0.5, 0.6) is 0 Å². The highest BCUT2D eigenvalue weighted by Gasteiger charge is 2.63. The Bertz CT molecular complexity index is 546. The number of imide groups is 1. The Morgan fingerprint density at radius 1 is 1.21 bits per heavy atom. The highest BCUT2D eigenvalue weighted by atomic mass is 16.5. The molecule has 0 unspecified atom stereocenters. The van der Waals surface area contributed by atoms with Crippen LogP contribution in [0.25, 0.3) is 0 Å². The molecule has 3 saturated heterocycles. The summed E-state index contributed by atoms with van der Waals surface area (Å²) in [6.45, 7) is 1.90. The minimum atomic E-state index is -0.284. The normalized spacial score (nSPS) is 36.4. The smallest absolute Gasteiger partial charge is 0.241 e. The number of rotatable bonds is 1. The molecule has 0 radical (unpaired) electrons. The summed E-state index contributed by atoms with van der Waals surface area (Å²) in [5.74, 6) is -0.397. The molecule has 0 aromatic carbocycles. The Hall–Kier alpha value is -1.69. The van der Waals surface area contributed by atoms with Crippen LogP contribution >= 0.6 is 0 Å². The van der Waals surface area contributed by atoms with Gasteiger partial charge in [-0.25, -0.2) is 4.90 Å². The van der Waals surface area contributed by atoms with Gasteiger partial charge in [0, 0.05) is 18.8 Å². The highest BCUT2D eigenvalue weighted by Crippen LogP contribution is 2.49. The van der Waals surface area contributed by atoms with Gasteiger partial charge >= 0.3 is 0 Å². The van der Waals surface area contributed by atoms with E-state index in [0.717, 1.165) is 18.5 Å². The van der Waals surface area contributed by atoms with Gasteiger partial charge in [-0.15, -0.1) is 0 Å². The van der Waals surface area contributed by atoms with E-state index < -0.39 is 0 Å². The standard InChI is InChI=1S/C13H15N3O3/c1-6-5-9(14-15(6)2)16-12(17)10-7-3-4-8(19-7)11(10)13(16)18/h5,7-8,10-11H,3-4H2,1-2H3/t7-,8-,10-,11-/m0/s1.